The van der Waals surface area contributed by atoms with Gasteiger partial charge in [-0.05, 0) is 42.5 Å². The number of hydrogen-bond acceptors (Lipinski definition) is 6. The molecule has 0 saturated carbocycles. The van der Waals surface area contributed by atoms with E-state index in [1.165, 1.54) is 24.5 Å². The molecule has 0 radical (unpaired) electrons. The van der Waals surface area contributed by atoms with Gasteiger partial charge >= 0.3 is 17.6 Å². The topological polar surface area (TPSA) is 161 Å². The van der Waals surface area contributed by atoms with Crippen LogP contribution in [0.3, 0.4) is 0 Å². The number of aromatic nitrogens is 2. The Labute approximate surface area is 199 Å². The number of aliphatic carboxylic acids is 2. The second-order valence-electron chi connectivity index (χ2n) is 7.49. The Morgan fingerprint density at radius 2 is 1.77 bits per heavy atom. The number of rotatable bonds is 9. The predicted molar refractivity (Wildman–Crippen MR) is 126 cm³/mol. The Hall–Kier alpha value is -4.45. The van der Waals surface area contributed by atoms with Gasteiger partial charge in [0.2, 0.25) is 0 Å². The Bertz CT molecular complexity index is 1540. The fourth-order valence-corrected chi connectivity index (χ4v) is 4.46. The van der Waals surface area contributed by atoms with Crippen molar-refractivity contribution in [1.29, 1.82) is 0 Å². The summed E-state index contributed by atoms with van der Waals surface area (Å²) in [4.78, 5) is 50.1. The molecule has 180 valence electrons. The molecule has 4 aromatic rings. The monoisotopic (exact) mass is 497 g/mol. The Morgan fingerprint density at radius 1 is 1.03 bits per heavy atom. The minimum absolute atomic E-state index is 0.0242. The van der Waals surface area contributed by atoms with Crippen molar-refractivity contribution in [3.8, 4) is 0 Å². The van der Waals surface area contributed by atoms with Crippen LogP contribution >= 0.6 is 0 Å². The quantitative estimate of drug-likeness (QED) is 0.317. The largest absolute Gasteiger partial charge is 0.481 e. The molecule has 4 rings (SSSR count). The highest BCUT2D eigenvalue weighted by Gasteiger charge is 2.28. The van der Waals surface area contributed by atoms with E-state index in [0.717, 1.165) is 4.57 Å². The first-order chi connectivity index (χ1) is 16.8. The zero-order chi connectivity index (χ0) is 25.1. The fourth-order valence-electron chi connectivity index (χ4n) is 3.60. The molecule has 0 spiro atoms. The summed E-state index contributed by atoms with van der Waals surface area (Å²) in [6.07, 6.45) is 0.422. The number of furan rings is 1. The molecule has 0 aliphatic rings. The van der Waals surface area contributed by atoms with Gasteiger partial charge in [-0.1, -0.05) is 18.2 Å². The third kappa shape index (κ3) is 4.92. The van der Waals surface area contributed by atoms with Crippen LogP contribution in [0.15, 0.2) is 85.8 Å². The first-order valence-corrected chi connectivity index (χ1v) is 11.4. The summed E-state index contributed by atoms with van der Waals surface area (Å²) in [6.45, 7) is -0.159. The average Bonchev–Trinajstić information content (AvgIpc) is 3.34. The number of hydrogen-bond donors (Lipinski definition) is 3. The predicted octanol–water partition coefficient (Wildman–Crippen LogP) is 2.04. The standard InChI is InChI=1S/C23H19N3O8S/c27-20(28)12-19(22(30)31)26-21(29)17-9-8-14(24-35(33)16-6-2-1-3-7-16)11-18(17)25(23(26)32)13-15-5-4-10-34-15/h1-11,19,24H,12-13H2,(H,27,28)(H,30,31). The highest BCUT2D eigenvalue weighted by molar-refractivity contribution is 7.86. The Balaban J connectivity index is 1.90. The second kappa shape index (κ2) is 9.81. The molecular weight excluding hydrogens is 478 g/mol. The molecule has 0 amide bonds. The highest BCUT2D eigenvalue weighted by Crippen LogP contribution is 2.20. The van der Waals surface area contributed by atoms with Crippen LogP contribution in [0.4, 0.5) is 5.69 Å². The van der Waals surface area contributed by atoms with Gasteiger partial charge in [-0.15, -0.1) is 0 Å². The third-order valence-corrected chi connectivity index (χ3v) is 6.32. The summed E-state index contributed by atoms with van der Waals surface area (Å²) in [5.41, 5.74) is -1.51. The van der Waals surface area contributed by atoms with Crippen molar-refractivity contribution >= 4 is 39.5 Å². The number of benzene rings is 2. The van der Waals surface area contributed by atoms with Gasteiger partial charge in [0.15, 0.2) is 0 Å². The van der Waals surface area contributed by atoms with E-state index in [0.29, 0.717) is 20.9 Å². The van der Waals surface area contributed by atoms with Crippen molar-refractivity contribution in [3.63, 3.8) is 0 Å². The smallest absolute Gasteiger partial charge is 0.332 e. The lowest BCUT2D eigenvalue weighted by atomic mass is 10.1. The maximum absolute atomic E-state index is 13.4. The van der Waals surface area contributed by atoms with Crippen LogP contribution in [0.2, 0.25) is 0 Å². The van der Waals surface area contributed by atoms with E-state index < -0.39 is 46.6 Å². The maximum Gasteiger partial charge on any atom is 0.332 e. The van der Waals surface area contributed by atoms with Crippen LogP contribution in [0.1, 0.15) is 18.2 Å². The number of anilines is 1. The lowest BCUT2D eigenvalue weighted by Crippen LogP contribution is -2.45. The summed E-state index contributed by atoms with van der Waals surface area (Å²) in [6, 6.07) is 14.1. The van der Waals surface area contributed by atoms with Crippen LogP contribution < -0.4 is 16.0 Å². The molecular formula is C23H19N3O8S. The van der Waals surface area contributed by atoms with Crippen LogP contribution in [-0.4, -0.2) is 35.5 Å². The molecule has 2 unspecified atom stereocenters. The van der Waals surface area contributed by atoms with Gasteiger partial charge in [-0.25, -0.2) is 18.4 Å². The molecule has 0 fully saturated rings. The number of carbonyl (C=O) groups is 2. The van der Waals surface area contributed by atoms with Gasteiger partial charge in [-0.2, -0.15) is 0 Å². The van der Waals surface area contributed by atoms with Crippen molar-refractivity contribution in [2.75, 3.05) is 4.72 Å². The van der Waals surface area contributed by atoms with E-state index in [2.05, 4.69) is 4.72 Å². The minimum Gasteiger partial charge on any atom is -0.481 e. The third-order valence-electron chi connectivity index (χ3n) is 5.20. The SMILES string of the molecule is O=C(O)CC(C(=O)O)n1c(=O)c2ccc(NS(=O)c3ccccc3)cc2n(Cc2ccco2)c1=O. The molecule has 11 nitrogen and oxygen atoms in total. The molecule has 3 N–H and O–H groups in total. The van der Waals surface area contributed by atoms with Crippen molar-refractivity contribution in [1.82, 2.24) is 9.13 Å². The van der Waals surface area contributed by atoms with Crippen molar-refractivity contribution in [2.24, 2.45) is 0 Å². The normalized spacial score (nSPS) is 12.8. The summed E-state index contributed by atoms with van der Waals surface area (Å²) >= 11 is 0. The second-order valence-corrected chi connectivity index (χ2v) is 8.70. The first-order valence-electron chi connectivity index (χ1n) is 10.3. The van der Waals surface area contributed by atoms with E-state index in [9.17, 15) is 28.5 Å². The lowest BCUT2D eigenvalue weighted by molar-refractivity contribution is -0.147. The summed E-state index contributed by atoms with van der Waals surface area (Å²) in [7, 11) is -1.63. The molecule has 2 aromatic heterocycles. The fraction of sp³-hybridized carbons (Fsp3) is 0.130. The van der Waals surface area contributed by atoms with Crippen LogP contribution in [-0.2, 0) is 27.1 Å². The zero-order valence-electron chi connectivity index (χ0n) is 18.0. The van der Waals surface area contributed by atoms with Crippen molar-refractivity contribution < 1.29 is 28.4 Å². The van der Waals surface area contributed by atoms with Gasteiger partial charge in [0.1, 0.15) is 22.8 Å². The summed E-state index contributed by atoms with van der Waals surface area (Å²) in [5.74, 6) is -2.77. The molecule has 0 bridgehead atoms. The number of carboxylic acid groups (broad SMARTS) is 2. The van der Waals surface area contributed by atoms with E-state index in [-0.39, 0.29) is 17.4 Å². The van der Waals surface area contributed by atoms with Crippen LogP contribution in [0, 0.1) is 0 Å². The molecule has 0 aliphatic carbocycles. The number of nitrogens with one attached hydrogen (secondary N) is 1. The Kier molecular flexibility index (Phi) is 6.64. The van der Waals surface area contributed by atoms with Gasteiger partial charge in [-0.3, -0.25) is 14.2 Å². The van der Waals surface area contributed by atoms with Crippen LogP contribution in [0.5, 0.6) is 0 Å². The minimum atomic E-state index is -1.91. The van der Waals surface area contributed by atoms with E-state index in [1.54, 1.807) is 42.5 Å². The molecule has 2 atom stereocenters. The molecule has 0 saturated heterocycles. The first kappa shape index (κ1) is 23.7. The zero-order valence-corrected chi connectivity index (χ0v) is 18.8. The number of fused-ring (bicyclic) bond motifs is 1. The van der Waals surface area contributed by atoms with E-state index in [1.807, 2.05) is 0 Å². The molecule has 12 heteroatoms. The van der Waals surface area contributed by atoms with Crippen molar-refractivity contribution in [2.45, 2.75) is 23.9 Å². The maximum atomic E-state index is 13.4. The van der Waals surface area contributed by atoms with Gasteiger partial charge < -0.3 is 19.4 Å². The molecule has 35 heavy (non-hydrogen) atoms. The van der Waals surface area contributed by atoms with Gasteiger partial charge in [0, 0.05) is 5.69 Å². The van der Waals surface area contributed by atoms with E-state index in [4.69, 9.17) is 9.52 Å². The van der Waals surface area contributed by atoms with E-state index >= 15 is 0 Å². The summed E-state index contributed by atoms with van der Waals surface area (Å²) in [5, 5.41) is 18.7. The van der Waals surface area contributed by atoms with Gasteiger partial charge in [0.05, 0.1) is 35.0 Å². The Morgan fingerprint density at radius 3 is 2.40 bits per heavy atom. The van der Waals surface area contributed by atoms with Crippen molar-refractivity contribution in [3.05, 3.63) is 93.5 Å². The highest BCUT2D eigenvalue weighted by atomic mass is 32.2. The number of carboxylic acids is 2. The van der Waals surface area contributed by atoms with Gasteiger partial charge in [0.25, 0.3) is 5.56 Å². The lowest BCUT2D eigenvalue weighted by Gasteiger charge is -2.18. The number of nitrogens with zero attached hydrogens (tertiary/aromatic N) is 2. The van der Waals surface area contributed by atoms with Crippen LogP contribution in [0.25, 0.3) is 10.9 Å². The molecule has 0 aliphatic heterocycles. The molecule has 2 heterocycles. The molecule has 2 aromatic carbocycles. The summed E-state index contributed by atoms with van der Waals surface area (Å²) < 4.78 is 22.3. The average molecular weight is 497 g/mol.